The zero-order valence-electron chi connectivity index (χ0n) is 15.2. The van der Waals surface area contributed by atoms with Crippen molar-refractivity contribution in [1.29, 1.82) is 0 Å². The van der Waals surface area contributed by atoms with Gasteiger partial charge in [0.2, 0.25) is 0 Å². The van der Waals surface area contributed by atoms with Gasteiger partial charge in [0.25, 0.3) is 0 Å². The van der Waals surface area contributed by atoms with Crippen molar-refractivity contribution < 1.29 is 14.3 Å². The molecule has 3 aromatic carbocycles. The summed E-state index contributed by atoms with van der Waals surface area (Å²) in [4.78, 5) is 11.8. The molecular formula is C22H22ClNO3. The number of unbranched alkanes of at least 4 members (excludes halogenated alkanes) is 1. The zero-order valence-corrected chi connectivity index (χ0v) is 16.0. The largest absolute Gasteiger partial charge is 0.494 e. The van der Waals surface area contributed by atoms with Gasteiger partial charge in [-0.1, -0.05) is 41.9 Å². The molecule has 0 radical (unpaired) electrons. The highest BCUT2D eigenvalue weighted by Gasteiger charge is 2.12. The Bertz CT molecular complexity index is 926. The van der Waals surface area contributed by atoms with Crippen LogP contribution < -0.4 is 10.1 Å². The molecule has 0 aromatic heterocycles. The van der Waals surface area contributed by atoms with E-state index in [9.17, 15) is 4.79 Å². The van der Waals surface area contributed by atoms with Gasteiger partial charge in [0.05, 0.1) is 19.3 Å². The summed E-state index contributed by atoms with van der Waals surface area (Å²) in [6.07, 6.45) is 1.82. The Morgan fingerprint density at radius 2 is 1.81 bits per heavy atom. The Balaban J connectivity index is 1.45. The number of methoxy groups -OCH3 is 1. The molecule has 0 heterocycles. The van der Waals surface area contributed by atoms with Gasteiger partial charge in [-0.15, -0.1) is 0 Å². The lowest BCUT2D eigenvalue weighted by Crippen LogP contribution is -2.10. The number of rotatable bonds is 8. The molecule has 0 fully saturated rings. The van der Waals surface area contributed by atoms with Crippen molar-refractivity contribution in [2.24, 2.45) is 0 Å². The Hall–Kier alpha value is -2.72. The van der Waals surface area contributed by atoms with Crippen molar-refractivity contribution in [3.05, 3.63) is 71.2 Å². The first kappa shape index (κ1) is 19.1. The highest BCUT2D eigenvalue weighted by molar-refractivity contribution is 6.31. The van der Waals surface area contributed by atoms with E-state index < -0.39 is 5.97 Å². The summed E-state index contributed by atoms with van der Waals surface area (Å²) in [7, 11) is 1.36. The number of anilines is 1. The maximum atomic E-state index is 11.8. The number of hydrogen-bond donors (Lipinski definition) is 1. The number of halogens is 1. The highest BCUT2D eigenvalue weighted by Crippen LogP contribution is 2.22. The normalized spacial score (nSPS) is 10.6. The molecule has 0 aliphatic rings. The molecule has 4 nitrogen and oxygen atoms in total. The molecule has 140 valence electrons. The van der Waals surface area contributed by atoms with Crippen LogP contribution in [0.3, 0.4) is 0 Å². The van der Waals surface area contributed by atoms with E-state index in [1.807, 2.05) is 18.2 Å². The van der Waals surface area contributed by atoms with Crippen LogP contribution in [0, 0.1) is 0 Å². The van der Waals surface area contributed by atoms with Crippen molar-refractivity contribution in [2.45, 2.75) is 12.8 Å². The minimum absolute atomic E-state index is 0.403. The van der Waals surface area contributed by atoms with Crippen LogP contribution in [-0.2, 0) is 4.74 Å². The van der Waals surface area contributed by atoms with E-state index in [-0.39, 0.29) is 0 Å². The first-order valence-corrected chi connectivity index (χ1v) is 9.28. The first-order chi connectivity index (χ1) is 13.2. The molecule has 3 aromatic rings. The Kier molecular flexibility index (Phi) is 6.55. The molecule has 0 aliphatic carbocycles. The maximum Gasteiger partial charge on any atom is 0.340 e. The first-order valence-electron chi connectivity index (χ1n) is 8.91. The van der Waals surface area contributed by atoms with Crippen molar-refractivity contribution >= 4 is 34.0 Å². The van der Waals surface area contributed by atoms with Crippen LogP contribution in [0.25, 0.3) is 10.8 Å². The van der Waals surface area contributed by atoms with Gasteiger partial charge in [0.15, 0.2) is 0 Å². The molecule has 0 saturated carbocycles. The number of benzene rings is 3. The van der Waals surface area contributed by atoms with E-state index in [4.69, 9.17) is 21.1 Å². The molecule has 1 N–H and O–H groups in total. The number of hydrogen-bond acceptors (Lipinski definition) is 4. The molecule has 0 bridgehead atoms. The second kappa shape index (κ2) is 9.28. The fraction of sp³-hybridized carbons (Fsp3) is 0.227. The predicted octanol–water partition coefficient (Wildman–Crippen LogP) is 5.55. The van der Waals surface area contributed by atoms with E-state index in [1.54, 1.807) is 18.2 Å². The second-order valence-electron chi connectivity index (χ2n) is 6.17. The van der Waals surface area contributed by atoms with Crippen molar-refractivity contribution in [3.63, 3.8) is 0 Å². The molecule has 3 rings (SSSR count). The van der Waals surface area contributed by atoms with Crippen LogP contribution in [0.5, 0.6) is 5.75 Å². The van der Waals surface area contributed by atoms with Crippen LogP contribution in [0.4, 0.5) is 5.69 Å². The quantitative estimate of drug-likeness (QED) is 0.409. The predicted molar refractivity (Wildman–Crippen MR) is 110 cm³/mol. The lowest BCUT2D eigenvalue weighted by molar-refractivity contribution is 0.0602. The van der Waals surface area contributed by atoms with E-state index in [0.717, 1.165) is 30.8 Å². The van der Waals surface area contributed by atoms with E-state index in [1.165, 1.54) is 17.9 Å². The van der Waals surface area contributed by atoms with Gasteiger partial charge in [-0.05, 0) is 53.9 Å². The lowest BCUT2D eigenvalue weighted by atomic mass is 10.1. The molecule has 0 saturated heterocycles. The topological polar surface area (TPSA) is 47.6 Å². The zero-order chi connectivity index (χ0) is 19.1. The molecule has 0 atom stereocenters. The molecule has 5 heteroatoms. The molecule has 0 aliphatic heterocycles. The molecule has 0 unspecified atom stereocenters. The van der Waals surface area contributed by atoms with Gasteiger partial charge >= 0.3 is 5.97 Å². The van der Waals surface area contributed by atoms with Crippen LogP contribution in [0.15, 0.2) is 60.7 Å². The Morgan fingerprint density at radius 1 is 1.00 bits per heavy atom. The summed E-state index contributed by atoms with van der Waals surface area (Å²) < 4.78 is 10.6. The van der Waals surface area contributed by atoms with E-state index >= 15 is 0 Å². The summed E-state index contributed by atoms with van der Waals surface area (Å²) in [5.74, 6) is 0.479. The standard InChI is InChI=1S/C22H22ClNO3/c1-26-22(25)20-15-18(23)9-11-21(20)24-12-4-5-13-27-19-10-8-16-6-2-3-7-17(16)14-19/h2-3,6-11,14-15,24H,4-5,12-13H2,1H3. The number of nitrogens with one attached hydrogen (secondary N) is 1. The van der Waals surface area contributed by atoms with Gasteiger partial charge in [-0.25, -0.2) is 4.79 Å². The van der Waals surface area contributed by atoms with Gasteiger partial charge in [0.1, 0.15) is 5.75 Å². The third-order valence-corrected chi connectivity index (χ3v) is 4.50. The number of fused-ring (bicyclic) bond motifs is 1. The number of ether oxygens (including phenoxy) is 2. The third kappa shape index (κ3) is 5.14. The van der Waals surface area contributed by atoms with Crippen LogP contribution in [-0.4, -0.2) is 26.2 Å². The summed E-state index contributed by atoms with van der Waals surface area (Å²) in [6.45, 7) is 1.37. The number of esters is 1. The monoisotopic (exact) mass is 383 g/mol. The SMILES string of the molecule is COC(=O)c1cc(Cl)ccc1NCCCCOc1ccc2ccccc2c1. The number of carbonyl (C=O) groups is 1. The fourth-order valence-corrected chi connectivity index (χ4v) is 3.02. The molecule has 0 amide bonds. The van der Waals surface area contributed by atoms with E-state index in [2.05, 4.69) is 29.6 Å². The fourth-order valence-electron chi connectivity index (χ4n) is 2.85. The van der Waals surface area contributed by atoms with Gasteiger partial charge in [-0.3, -0.25) is 0 Å². The minimum Gasteiger partial charge on any atom is -0.494 e. The van der Waals surface area contributed by atoms with Crippen molar-refractivity contribution in [1.82, 2.24) is 0 Å². The third-order valence-electron chi connectivity index (χ3n) is 4.26. The van der Waals surface area contributed by atoms with Gasteiger partial charge < -0.3 is 14.8 Å². The minimum atomic E-state index is -0.403. The number of carbonyl (C=O) groups excluding carboxylic acids is 1. The smallest absolute Gasteiger partial charge is 0.340 e. The summed E-state index contributed by atoms with van der Waals surface area (Å²) in [6, 6.07) is 19.5. The van der Waals surface area contributed by atoms with Gasteiger partial charge in [0, 0.05) is 17.3 Å². The van der Waals surface area contributed by atoms with Crippen molar-refractivity contribution in [2.75, 3.05) is 25.6 Å². The molecule has 27 heavy (non-hydrogen) atoms. The summed E-state index contributed by atoms with van der Waals surface area (Å²) in [5.41, 5.74) is 1.17. The van der Waals surface area contributed by atoms with Crippen LogP contribution in [0.2, 0.25) is 5.02 Å². The van der Waals surface area contributed by atoms with Crippen LogP contribution in [0.1, 0.15) is 23.2 Å². The molecular weight excluding hydrogens is 362 g/mol. The van der Waals surface area contributed by atoms with Gasteiger partial charge in [-0.2, -0.15) is 0 Å². The Morgan fingerprint density at radius 3 is 2.63 bits per heavy atom. The molecule has 0 spiro atoms. The average molecular weight is 384 g/mol. The maximum absolute atomic E-state index is 11.8. The van der Waals surface area contributed by atoms with Crippen molar-refractivity contribution in [3.8, 4) is 5.75 Å². The average Bonchev–Trinajstić information content (AvgIpc) is 2.70. The summed E-state index contributed by atoms with van der Waals surface area (Å²) >= 11 is 5.96. The van der Waals surface area contributed by atoms with Crippen LogP contribution >= 0.6 is 11.6 Å². The highest BCUT2D eigenvalue weighted by atomic mass is 35.5. The Labute approximate surface area is 164 Å². The summed E-state index contributed by atoms with van der Waals surface area (Å²) in [5, 5.41) is 6.15. The van der Waals surface area contributed by atoms with E-state index in [0.29, 0.717) is 17.2 Å². The lowest BCUT2D eigenvalue weighted by Gasteiger charge is -2.11. The second-order valence-corrected chi connectivity index (χ2v) is 6.61.